The maximum absolute atomic E-state index is 12.2. The quantitative estimate of drug-likeness (QED) is 0.503. The maximum atomic E-state index is 12.2. The van der Waals surface area contributed by atoms with E-state index in [-0.39, 0.29) is 5.56 Å². The van der Waals surface area contributed by atoms with E-state index >= 15 is 0 Å². The van der Waals surface area contributed by atoms with E-state index in [1.807, 2.05) is 24.4 Å². The van der Waals surface area contributed by atoms with E-state index in [1.54, 1.807) is 24.3 Å². The minimum atomic E-state index is -0.267. The van der Waals surface area contributed by atoms with Crippen LogP contribution in [-0.4, -0.2) is 59.0 Å². The highest BCUT2D eigenvalue weighted by molar-refractivity contribution is 6.42. The maximum Gasteiger partial charge on any atom is 0.271 e. The van der Waals surface area contributed by atoms with Gasteiger partial charge in [-0.15, -0.1) is 5.10 Å². The zero-order chi connectivity index (χ0) is 21.6. The molecule has 7 nitrogen and oxygen atoms in total. The first-order valence-electron chi connectivity index (χ1n) is 10.2. The van der Waals surface area contributed by atoms with Gasteiger partial charge in [0.05, 0.1) is 22.3 Å². The summed E-state index contributed by atoms with van der Waals surface area (Å²) in [6.07, 6.45) is 2.70. The Labute approximate surface area is 190 Å². The van der Waals surface area contributed by atoms with Crippen molar-refractivity contribution >= 4 is 29.0 Å². The summed E-state index contributed by atoms with van der Waals surface area (Å²) < 4.78 is 7.04. The number of pyridine rings is 1. The highest BCUT2D eigenvalue weighted by Gasteiger charge is 2.17. The summed E-state index contributed by atoms with van der Waals surface area (Å²) in [6.45, 7) is 5.39. The van der Waals surface area contributed by atoms with Crippen molar-refractivity contribution in [1.82, 2.24) is 19.7 Å². The normalized spacial score (nSPS) is 14.6. The molecule has 0 aliphatic carbocycles. The van der Waals surface area contributed by atoms with Crippen molar-refractivity contribution < 1.29 is 4.74 Å². The van der Waals surface area contributed by atoms with Crippen molar-refractivity contribution in [2.45, 2.75) is 6.42 Å². The summed E-state index contributed by atoms with van der Waals surface area (Å²) in [5, 5.41) is 5.08. The van der Waals surface area contributed by atoms with Gasteiger partial charge in [0.1, 0.15) is 5.82 Å². The lowest BCUT2D eigenvalue weighted by Gasteiger charge is -2.35. The van der Waals surface area contributed by atoms with E-state index in [2.05, 4.69) is 19.9 Å². The lowest BCUT2D eigenvalue weighted by Crippen LogP contribution is -2.47. The van der Waals surface area contributed by atoms with E-state index in [0.29, 0.717) is 28.2 Å². The van der Waals surface area contributed by atoms with Gasteiger partial charge in [0.15, 0.2) is 0 Å². The molecule has 0 radical (unpaired) electrons. The smallest absolute Gasteiger partial charge is 0.271 e. The molecule has 0 bridgehead atoms. The van der Waals surface area contributed by atoms with Gasteiger partial charge in [-0.25, -0.2) is 4.98 Å². The van der Waals surface area contributed by atoms with Gasteiger partial charge in [-0.05, 0) is 36.8 Å². The summed E-state index contributed by atoms with van der Waals surface area (Å²) >= 11 is 12.0. The van der Waals surface area contributed by atoms with Crippen LogP contribution in [0.4, 0.5) is 5.82 Å². The number of halogens is 2. The largest absolute Gasteiger partial charge is 0.477 e. The SMILES string of the molecule is O=c1ccc(OCCCN2CCN(c3ccccn3)CC2)nn1-c1ccc(Cl)c(Cl)c1. The van der Waals surface area contributed by atoms with Gasteiger partial charge in [0, 0.05) is 51.1 Å². The van der Waals surface area contributed by atoms with Crippen LogP contribution in [0.3, 0.4) is 0 Å². The average Bonchev–Trinajstić information content (AvgIpc) is 2.80. The minimum Gasteiger partial charge on any atom is -0.477 e. The predicted molar refractivity (Wildman–Crippen MR) is 123 cm³/mol. The van der Waals surface area contributed by atoms with Crippen molar-refractivity contribution in [2.75, 3.05) is 44.2 Å². The van der Waals surface area contributed by atoms with Crippen molar-refractivity contribution in [2.24, 2.45) is 0 Å². The third-order valence-corrected chi connectivity index (χ3v) is 5.88. The molecule has 1 fully saturated rings. The van der Waals surface area contributed by atoms with Crippen molar-refractivity contribution in [3.8, 4) is 11.6 Å². The predicted octanol–water partition coefficient (Wildman–Crippen LogP) is 3.53. The van der Waals surface area contributed by atoms with E-state index in [4.69, 9.17) is 27.9 Å². The molecule has 2 aromatic heterocycles. The highest BCUT2D eigenvalue weighted by atomic mass is 35.5. The molecule has 0 saturated carbocycles. The first kappa shape index (κ1) is 21.6. The van der Waals surface area contributed by atoms with Crippen LogP contribution in [0.5, 0.6) is 5.88 Å². The number of piperazine rings is 1. The number of hydrogen-bond donors (Lipinski definition) is 0. The van der Waals surface area contributed by atoms with Gasteiger partial charge in [-0.2, -0.15) is 4.68 Å². The van der Waals surface area contributed by atoms with Crippen LogP contribution in [0.2, 0.25) is 10.0 Å². The molecule has 1 saturated heterocycles. The lowest BCUT2D eigenvalue weighted by atomic mass is 10.3. The Hall–Kier alpha value is -2.61. The molecule has 1 aromatic carbocycles. The van der Waals surface area contributed by atoms with Crippen molar-refractivity contribution in [1.29, 1.82) is 0 Å². The van der Waals surface area contributed by atoms with Gasteiger partial charge in [0.2, 0.25) is 5.88 Å². The van der Waals surface area contributed by atoms with Crippen LogP contribution in [-0.2, 0) is 0 Å². The molecule has 31 heavy (non-hydrogen) atoms. The number of hydrogen-bond acceptors (Lipinski definition) is 6. The first-order chi connectivity index (χ1) is 15.1. The first-order valence-corrected chi connectivity index (χ1v) is 10.9. The second-order valence-corrected chi connectivity index (χ2v) is 8.05. The Bertz CT molecular complexity index is 1070. The van der Waals surface area contributed by atoms with E-state index in [1.165, 1.54) is 10.7 Å². The zero-order valence-corrected chi connectivity index (χ0v) is 18.5. The molecule has 1 aliphatic rings. The topological polar surface area (TPSA) is 63.5 Å². The third-order valence-electron chi connectivity index (χ3n) is 5.14. The van der Waals surface area contributed by atoms with Gasteiger partial charge in [0.25, 0.3) is 5.56 Å². The monoisotopic (exact) mass is 459 g/mol. The number of ether oxygens (including phenoxy) is 1. The second-order valence-electron chi connectivity index (χ2n) is 7.24. The Morgan fingerprint density at radius 2 is 1.81 bits per heavy atom. The number of aromatic nitrogens is 3. The van der Waals surface area contributed by atoms with Crippen LogP contribution in [0, 0.1) is 0 Å². The molecule has 162 valence electrons. The summed E-state index contributed by atoms with van der Waals surface area (Å²) in [7, 11) is 0. The molecular weight excluding hydrogens is 437 g/mol. The van der Waals surface area contributed by atoms with Crippen molar-refractivity contribution in [3.63, 3.8) is 0 Å². The molecule has 3 aromatic rings. The Balaban J connectivity index is 1.26. The minimum absolute atomic E-state index is 0.267. The Morgan fingerprint density at radius 3 is 2.55 bits per heavy atom. The van der Waals surface area contributed by atoms with Crippen molar-refractivity contribution in [3.05, 3.63) is 75.1 Å². The number of anilines is 1. The molecule has 1 aliphatic heterocycles. The van der Waals surface area contributed by atoms with Crippen LogP contribution < -0.4 is 15.2 Å². The van der Waals surface area contributed by atoms with Crippen LogP contribution >= 0.6 is 23.2 Å². The standard InChI is InChI=1S/C22H23Cl2N5O2/c23-18-6-5-17(16-19(18)24)29-22(30)8-7-21(26-29)31-15-3-10-27-11-13-28(14-12-27)20-4-1-2-9-25-20/h1-2,4-9,16H,3,10-15H2. The Morgan fingerprint density at radius 1 is 0.968 bits per heavy atom. The van der Waals surface area contributed by atoms with E-state index in [9.17, 15) is 4.79 Å². The van der Waals surface area contributed by atoms with Crippen LogP contribution in [0.25, 0.3) is 5.69 Å². The molecule has 9 heteroatoms. The molecule has 4 rings (SSSR count). The zero-order valence-electron chi connectivity index (χ0n) is 17.0. The fraction of sp³-hybridized carbons (Fsp3) is 0.318. The number of nitrogens with zero attached hydrogens (tertiary/aromatic N) is 5. The molecule has 0 unspecified atom stereocenters. The molecular formula is C22H23Cl2N5O2. The van der Waals surface area contributed by atoms with Gasteiger partial charge >= 0.3 is 0 Å². The van der Waals surface area contributed by atoms with E-state index in [0.717, 1.165) is 45.0 Å². The number of rotatable bonds is 7. The fourth-order valence-electron chi connectivity index (χ4n) is 3.48. The summed E-state index contributed by atoms with van der Waals surface area (Å²) in [5.41, 5.74) is 0.271. The summed E-state index contributed by atoms with van der Waals surface area (Å²) in [4.78, 5) is 21.3. The lowest BCUT2D eigenvalue weighted by molar-refractivity contribution is 0.220. The highest BCUT2D eigenvalue weighted by Crippen LogP contribution is 2.23. The fourth-order valence-corrected chi connectivity index (χ4v) is 3.77. The molecule has 3 heterocycles. The second kappa shape index (κ2) is 10.1. The Kier molecular flexibility index (Phi) is 7.06. The average molecular weight is 460 g/mol. The van der Waals surface area contributed by atoms with Gasteiger partial charge < -0.3 is 9.64 Å². The van der Waals surface area contributed by atoms with Crippen LogP contribution in [0.15, 0.2) is 59.5 Å². The molecule has 0 atom stereocenters. The molecule has 0 amide bonds. The number of benzene rings is 1. The van der Waals surface area contributed by atoms with E-state index < -0.39 is 0 Å². The molecule has 0 spiro atoms. The van der Waals surface area contributed by atoms with Crippen LogP contribution in [0.1, 0.15) is 6.42 Å². The summed E-state index contributed by atoms with van der Waals surface area (Å²) in [5.74, 6) is 1.43. The molecule has 0 N–H and O–H groups in total. The third kappa shape index (κ3) is 5.55. The van der Waals surface area contributed by atoms with Gasteiger partial charge in [-0.1, -0.05) is 29.3 Å². The summed E-state index contributed by atoms with van der Waals surface area (Å²) in [6, 6.07) is 14.0. The van der Waals surface area contributed by atoms with Gasteiger partial charge in [-0.3, -0.25) is 9.69 Å².